The lowest BCUT2D eigenvalue weighted by Crippen LogP contribution is -2.09. The number of nitrogens with zero attached hydrogens (tertiary/aromatic N) is 6. The second-order valence-electron chi connectivity index (χ2n) is 7.51. The lowest BCUT2D eigenvalue weighted by atomic mass is 10.1. The van der Waals surface area contributed by atoms with Gasteiger partial charge in [-0.15, -0.1) is 0 Å². The Bertz CT molecular complexity index is 1590. The highest BCUT2D eigenvalue weighted by molar-refractivity contribution is 6.37. The van der Waals surface area contributed by atoms with Crippen LogP contribution in [0.4, 0.5) is 0 Å². The number of rotatable bonds is 5. The van der Waals surface area contributed by atoms with Crippen LogP contribution >= 0.6 is 34.8 Å². The Morgan fingerprint density at radius 2 is 1.32 bits per heavy atom. The van der Waals surface area contributed by atoms with Crippen molar-refractivity contribution in [2.45, 2.75) is 12.8 Å². The predicted molar refractivity (Wildman–Crippen MR) is 138 cm³/mol. The molecule has 0 saturated heterocycles. The Morgan fingerprint density at radius 3 is 1.92 bits per heavy atom. The number of esters is 2. The van der Waals surface area contributed by atoms with E-state index in [0.717, 1.165) is 18.5 Å². The number of benzene rings is 1. The van der Waals surface area contributed by atoms with Gasteiger partial charge in [0.05, 0.1) is 24.3 Å². The topological polar surface area (TPSA) is 113 Å². The van der Waals surface area contributed by atoms with E-state index >= 15 is 0 Å². The minimum atomic E-state index is -0.574. The smallest absolute Gasteiger partial charge is 0.343 e. The number of ether oxygens (including phenoxy) is 2. The van der Waals surface area contributed by atoms with Crippen LogP contribution in [-0.2, 0) is 22.3 Å². The zero-order valence-corrected chi connectivity index (χ0v) is 21.8. The van der Waals surface area contributed by atoms with E-state index < -0.39 is 11.9 Å². The number of aryl methyl sites for hydroxylation is 2. The zero-order chi connectivity index (χ0) is 26.5. The molecule has 0 bridgehead atoms. The minimum absolute atomic E-state index is 0.154. The maximum Gasteiger partial charge on any atom is 0.343 e. The third-order valence-corrected chi connectivity index (χ3v) is 6.19. The molecule has 0 aliphatic carbocycles. The molecule has 0 unspecified atom stereocenters. The van der Waals surface area contributed by atoms with Gasteiger partial charge in [-0.25, -0.2) is 28.6 Å². The highest BCUT2D eigenvalue weighted by atomic mass is 35.5. The molecular formula is C24H19Cl3N6O4. The van der Waals surface area contributed by atoms with E-state index in [1.54, 1.807) is 10.6 Å². The second-order valence-corrected chi connectivity index (χ2v) is 8.71. The van der Waals surface area contributed by atoms with Crippen molar-refractivity contribution in [3.8, 4) is 0 Å². The first-order valence-electron chi connectivity index (χ1n) is 10.7. The van der Waals surface area contributed by atoms with Crippen LogP contribution in [-0.4, -0.2) is 55.4 Å². The van der Waals surface area contributed by atoms with Gasteiger partial charge in [-0.2, -0.15) is 10.2 Å². The Hall–Kier alpha value is -3.73. The largest absolute Gasteiger partial charge is 0.465 e. The average Bonchev–Trinajstić information content (AvgIpc) is 3.58. The van der Waals surface area contributed by atoms with Gasteiger partial charge in [-0.3, -0.25) is 0 Å². The van der Waals surface area contributed by atoms with E-state index in [4.69, 9.17) is 39.5 Å². The summed E-state index contributed by atoms with van der Waals surface area (Å²) in [6, 6.07) is 13.3. The summed E-state index contributed by atoms with van der Waals surface area (Å²) in [6.45, 7) is 0. The molecule has 0 fully saturated rings. The van der Waals surface area contributed by atoms with E-state index in [9.17, 15) is 9.59 Å². The van der Waals surface area contributed by atoms with Crippen LogP contribution in [0.5, 0.6) is 0 Å². The Balaban J connectivity index is 0.000000186. The van der Waals surface area contributed by atoms with Crippen molar-refractivity contribution in [1.82, 2.24) is 29.2 Å². The number of carbonyl (C=O) groups excluding carboxylic acids is 2. The van der Waals surface area contributed by atoms with Crippen LogP contribution < -0.4 is 0 Å². The van der Waals surface area contributed by atoms with Gasteiger partial charge in [0.15, 0.2) is 11.3 Å². The molecule has 0 atom stereocenters. The van der Waals surface area contributed by atoms with Crippen LogP contribution in [0, 0.1) is 0 Å². The Morgan fingerprint density at radius 1 is 0.784 bits per heavy atom. The monoisotopic (exact) mass is 560 g/mol. The first kappa shape index (κ1) is 26.3. The average molecular weight is 562 g/mol. The summed E-state index contributed by atoms with van der Waals surface area (Å²) in [6.07, 6.45) is 4.28. The number of fused-ring (bicyclic) bond motifs is 2. The van der Waals surface area contributed by atoms with Gasteiger partial charge < -0.3 is 9.47 Å². The third kappa shape index (κ3) is 5.51. The number of hydrogen-bond acceptors (Lipinski definition) is 8. The molecule has 190 valence electrons. The molecule has 0 radical (unpaired) electrons. The maximum atomic E-state index is 11.8. The van der Waals surface area contributed by atoms with Crippen molar-refractivity contribution in [3.63, 3.8) is 0 Å². The van der Waals surface area contributed by atoms with Gasteiger partial charge in [0.1, 0.15) is 28.9 Å². The number of halogens is 3. The van der Waals surface area contributed by atoms with E-state index in [1.165, 1.54) is 43.0 Å². The molecular weight excluding hydrogens is 543 g/mol. The Kier molecular flexibility index (Phi) is 8.22. The van der Waals surface area contributed by atoms with E-state index in [-0.39, 0.29) is 26.9 Å². The van der Waals surface area contributed by atoms with E-state index in [2.05, 4.69) is 37.0 Å². The molecule has 10 nitrogen and oxygen atoms in total. The predicted octanol–water partition coefficient (Wildman–Crippen LogP) is 4.78. The maximum absolute atomic E-state index is 11.8. The fourth-order valence-electron chi connectivity index (χ4n) is 3.60. The van der Waals surface area contributed by atoms with Crippen molar-refractivity contribution in [2.24, 2.45) is 0 Å². The van der Waals surface area contributed by atoms with Gasteiger partial charge in [0.25, 0.3) is 0 Å². The van der Waals surface area contributed by atoms with Crippen LogP contribution in [0.25, 0.3) is 11.3 Å². The molecule has 0 saturated carbocycles. The number of methoxy groups -OCH3 is 2. The molecule has 0 spiro atoms. The number of carbonyl (C=O) groups is 2. The van der Waals surface area contributed by atoms with Gasteiger partial charge in [0.2, 0.25) is 0 Å². The van der Waals surface area contributed by atoms with Gasteiger partial charge in [-0.05, 0) is 30.5 Å². The first-order chi connectivity index (χ1) is 17.8. The number of hydrogen-bond donors (Lipinski definition) is 0. The molecule has 37 heavy (non-hydrogen) atoms. The molecule has 0 aliphatic heterocycles. The summed E-state index contributed by atoms with van der Waals surface area (Å²) in [5, 5.41) is 8.83. The molecule has 1 aromatic carbocycles. The third-order valence-electron chi connectivity index (χ3n) is 5.33. The molecule has 0 amide bonds. The van der Waals surface area contributed by atoms with Crippen molar-refractivity contribution in [1.29, 1.82) is 0 Å². The van der Waals surface area contributed by atoms with Gasteiger partial charge in [-0.1, -0.05) is 65.1 Å². The summed E-state index contributed by atoms with van der Waals surface area (Å²) >= 11 is 18.0. The minimum Gasteiger partial charge on any atom is -0.465 e. The first-order valence-corrected chi connectivity index (χ1v) is 11.9. The summed E-state index contributed by atoms with van der Waals surface area (Å²) < 4.78 is 12.3. The van der Waals surface area contributed by atoms with Crippen LogP contribution in [0.15, 0.2) is 55.1 Å². The molecule has 13 heteroatoms. The fraction of sp³-hybridized carbons (Fsp3) is 0.167. The Labute approximate surface area is 225 Å². The van der Waals surface area contributed by atoms with Crippen molar-refractivity contribution < 1.29 is 19.1 Å². The molecule has 4 heterocycles. The quantitative estimate of drug-likeness (QED) is 0.223. The summed E-state index contributed by atoms with van der Waals surface area (Å²) in [5.41, 5.74) is 3.21. The fourth-order valence-corrected chi connectivity index (χ4v) is 4.44. The SMILES string of the molecule is COC(=O)c1c(Cl)cc(CCc2ccccc2)n2ncnc12.COC(=O)c1c(Cl)cc(Cl)n2ncnc12. The molecule has 0 N–H and O–H groups in total. The second kappa shape index (κ2) is 11.5. The highest BCUT2D eigenvalue weighted by Crippen LogP contribution is 2.25. The van der Waals surface area contributed by atoms with Crippen LogP contribution in [0.2, 0.25) is 15.2 Å². The zero-order valence-electron chi connectivity index (χ0n) is 19.6. The van der Waals surface area contributed by atoms with E-state index in [0.29, 0.717) is 10.7 Å². The summed E-state index contributed by atoms with van der Waals surface area (Å²) in [5.74, 6) is -1.09. The standard InChI is InChI=1S/C16H14ClN3O2.C8H5Cl2N3O2/c1-22-16(21)14-13(17)9-12(20-15(14)18-10-19-20)8-7-11-5-3-2-4-6-11;1-15-8(14)6-4(9)2-5(10)13-7(6)11-3-12-13/h2-6,9-10H,7-8H2,1H3;2-3H,1H3. The summed E-state index contributed by atoms with van der Waals surface area (Å²) in [4.78, 5) is 31.3. The number of pyridine rings is 2. The lowest BCUT2D eigenvalue weighted by molar-refractivity contribution is 0.0593. The van der Waals surface area contributed by atoms with Crippen molar-refractivity contribution >= 4 is 58.0 Å². The summed E-state index contributed by atoms with van der Waals surface area (Å²) in [7, 11) is 2.58. The molecule has 4 aromatic heterocycles. The van der Waals surface area contributed by atoms with Crippen molar-refractivity contribution in [3.05, 3.63) is 92.7 Å². The lowest BCUT2D eigenvalue weighted by Gasteiger charge is -2.09. The highest BCUT2D eigenvalue weighted by Gasteiger charge is 2.20. The van der Waals surface area contributed by atoms with Crippen LogP contribution in [0.1, 0.15) is 32.0 Å². The normalized spacial score (nSPS) is 10.7. The van der Waals surface area contributed by atoms with Gasteiger partial charge >= 0.3 is 11.9 Å². The molecule has 5 rings (SSSR count). The van der Waals surface area contributed by atoms with E-state index in [1.807, 2.05) is 18.2 Å². The number of aromatic nitrogens is 6. The van der Waals surface area contributed by atoms with Gasteiger partial charge in [0, 0.05) is 5.69 Å². The van der Waals surface area contributed by atoms with Crippen molar-refractivity contribution in [2.75, 3.05) is 14.2 Å². The van der Waals surface area contributed by atoms with Crippen LogP contribution in [0.3, 0.4) is 0 Å². The molecule has 0 aliphatic rings. The molecule has 5 aromatic rings.